The predicted octanol–water partition coefficient (Wildman–Crippen LogP) is 2.97. The van der Waals surface area contributed by atoms with Gasteiger partial charge in [0.25, 0.3) is 0 Å². The Hall–Kier alpha value is -1.09. The molecule has 3 heteroatoms. The van der Waals surface area contributed by atoms with E-state index in [0.29, 0.717) is 12.0 Å². The first-order valence-electron chi connectivity index (χ1n) is 6.24. The summed E-state index contributed by atoms with van der Waals surface area (Å²) < 4.78 is 0. The van der Waals surface area contributed by atoms with Crippen molar-refractivity contribution in [1.82, 2.24) is 5.32 Å². The molecule has 1 aliphatic rings. The molecular formula is C14H20N2S. The molecule has 1 unspecified atom stereocenters. The van der Waals surface area contributed by atoms with Crippen molar-refractivity contribution in [3.05, 3.63) is 29.8 Å². The van der Waals surface area contributed by atoms with Crippen molar-refractivity contribution in [1.29, 1.82) is 0 Å². The molecule has 92 valence electrons. The highest BCUT2D eigenvalue weighted by Crippen LogP contribution is 2.29. The monoisotopic (exact) mass is 248 g/mol. The summed E-state index contributed by atoms with van der Waals surface area (Å²) in [5, 5.41) is 4.18. The van der Waals surface area contributed by atoms with E-state index in [0.717, 1.165) is 18.1 Å². The largest absolute Gasteiger partial charge is 0.360 e. The average molecular weight is 248 g/mol. The zero-order valence-electron chi connectivity index (χ0n) is 10.7. The molecule has 1 heterocycles. The average Bonchev–Trinajstić information content (AvgIpc) is 2.26. The summed E-state index contributed by atoms with van der Waals surface area (Å²) in [4.78, 5) is 2.23. The smallest absolute Gasteiger partial charge is 0.173 e. The van der Waals surface area contributed by atoms with Gasteiger partial charge in [0.2, 0.25) is 0 Å². The third kappa shape index (κ3) is 2.78. The number of para-hydroxylation sites is 1. The number of anilines is 1. The van der Waals surface area contributed by atoms with Gasteiger partial charge in [0.1, 0.15) is 0 Å². The van der Waals surface area contributed by atoms with E-state index in [2.05, 4.69) is 55.3 Å². The van der Waals surface area contributed by atoms with E-state index in [4.69, 9.17) is 12.2 Å². The molecule has 1 atom stereocenters. The van der Waals surface area contributed by atoms with Crippen molar-refractivity contribution in [2.24, 2.45) is 5.92 Å². The summed E-state index contributed by atoms with van der Waals surface area (Å²) in [6, 6.07) is 8.94. The fourth-order valence-electron chi connectivity index (χ4n) is 2.31. The summed E-state index contributed by atoms with van der Waals surface area (Å²) in [7, 11) is 0. The molecule has 0 spiro atoms. The van der Waals surface area contributed by atoms with Gasteiger partial charge in [-0.1, -0.05) is 25.1 Å². The molecule has 0 saturated heterocycles. The quantitative estimate of drug-likeness (QED) is 0.769. The topological polar surface area (TPSA) is 15.3 Å². The molecule has 0 amide bonds. The summed E-state index contributed by atoms with van der Waals surface area (Å²) in [5.74, 6) is 0.650. The van der Waals surface area contributed by atoms with Gasteiger partial charge in [-0.3, -0.25) is 0 Å². The van der Waals surface area contributed by atoms with Gasteiger partial charge in [-0.25, -0.2) is 0 Å². The van der Waals surface area contributed by atoms with Crippen LogP contribution in [0.25, 0.3) is 0 Å². The Bertz CT molecular complexity index is 414. The van der Waals surface area contributed by atoms with Crippen LogP contribution in [0.15, 0.2) is 24.3 Å². The Morgan fingerprint density at radius 2 is 2.12 bits per heavy atom. The minimum absolute atomic E-state index is 0.381. The summed E-state index contributed by atoms with van der Waals surface area (Å²) in [6.45, 7) is 7.52. The van der Waals surface area contributed by atoms with Crippen molar-refractivity contribution in [2.75, 3.05) is 11.4 Å². The maximum Gasteiger partial charge on any atom is 0.173 e. The Morgan fingerprint density at radius 1 is 1.41 bits per heavy atom. The second kappa shape index (κ2) is 5.05. The maximum atomic E-state index is 5.49. The molecule has 0 fully saturated rings. The standard InChI is InChI=1S/C14H20N2S/c1-10(2)15-14(17)16-9-11(3)8-12-6-4-5-7-13(12)16/h4-7,10-11H,8-9H2,1-3H3,(H,15,17). The molecule has 17 heavy (non-hydrogen) atoms. The van der Waals surface area contributed by atoms with Crippen LogP contribution >= 0.6 is 12.2 Å². The molecule has 0 radical (unpaired) electrons. The van der Waals surface area contributed by atoms with Gasteiger partial charge in [0.05, 0.1) is 0 Å². The molecule has 0 aliphatic carbocycles. The van der Waals surface area contributed by atoms with E-state index >= 15 is 0 Å². The van der Waals surface area contributed by atoms with Gasteiger partial charge >= 0.3 is 0 Å². The van der Waals surface area contributed by atoms with Crippen molar-refractivity contribution >= 4 is 23.0 Å². The second-order valence-corrected chi connectivity index (χ2v) is 5.54. The van der Waals surface area contributed by atoms with E-state index in [1.807, 2.05) is 0 Å². The summed E-state index contributed by atoms with van der Waals surface area (Å²) in [5.41, 5.74) is 2.67. The molecule has 1 N–H and O–H groups in total. The number of rotatable bonds is 1. The van der Waals surface area contributed by atoms with E-state index in [1.165, 1.54) is 11.3 Å². The van der Waals surface area contributed by atoms with Crippen LogP contribution in [0, 0.1) is 5.92 Å². The lowest BCUT2D eigenvalue weighted by molar-refractivity contribution is 0.563. The van der Waals surface area contributed by atoms with Gasteiger partial charge < -0.3 is 10.2 Å². The van der Waals surface area contributed by atoms with Crippen LogP contribution in [0.3, 0.4) is 0 Å². The molecule has 2 rings (SSSR count). The lowest BCUT2D eigenvalue weighted by atomic mass is 9.94. The number of fused-ring (bicyclic) bond motifs is 1. The van der Waals surface area contributed by atoms with Crippen LogP contribution < -0.4 is 10.2 Å². The predicted molar refractivity (Wildman–Crippen MR) is 77.5 cm³/mol. The lowest BCUT2D eigenvalue weighted by Crippen LogP contribution is -2.47. The first kappa shape index (κ1) is 12.4. The number of hydrogen-bond donors (Lipinski definition) is 1. The third-order valence-corrected chi connectivity index (χ3v) is 3.34. The van der Waals surface area contributed by atoms with Crippen LogP contribution in [0.4, 0.5) is 5.69 Å². The molecular weight excluding hydrogens is 228 g/mol. The third-order valence-electron chi connectivity index (χ3n) is 3.00. The number of nitrogens with one attached hydrogen (secondary N) is 1. The van der Waals surface area contributed by atoms with E-state index in [1.54, 1.807) is 0 Å². The van der Waals surface area contributed by atoms with Crippen LogP contribution in [0.5, 0.6) is 0 Å². The molecule has 1 aromatic carbocycles. The number of benzene rings is 1. The van der Waals surface area contributed by atoms with Crippen molar-refractivity contribution in [3.8, 4) is 0 Å². The van der Waals surface area contributed by atoms with E-state index in [-0.39, 0.29) is 0 Å². The molecule has 1 aliphatic heterocycles. The van der Waals surface area contributed by atoms with Crippen molar-refractivity contribution in [3.63, 3.8) is 0 Å². The van der Waals surface area contributed by atoms with Crippen LogP contribution in [0.2, 0.25) is 0 Å². The van der Waals surface area contributed by atoms with E-state index in [9.17, 15) is 0 Å². The highest BCUT2D eigenvalue weighted by atomic mass is 32.1. The first-order chi connectivity index (χ1) is 8.08. The molecule has 1 aromatic rings. The Balaban J connectivity index is 2.26. The molecule has 0 aromatic heterocycles. The summed E-state index contributed by atoms with van der Waals surface area (Å²) in [6.07, 6.45) is 1.15. The van der Waals surface area contributed by atoms with Crippen molar-refractivity contribution < 1.29 is 0 Å². The molecule has 0 bridgehead atoms. The van der Waals surface area contributed by atoms with Gasteiger partial charge in [0, 0.05) is 18.3 Å². The highest BCUT2D eigenvalue weighted by Gasteiger charge is 2.23. The van der Waals surface area contributed by atoms with Crippen LogP contribution in [-0.4, -0.2) is 17.7 Å². The maximum absolute atomic E-state index is 5.49. The highest BCUT2D eigenvalue weighted by molar-refractivity contribution is 7.80. The minimum Gasteiger partial charge on any atom is -0.360 e. The van der Waals surface area contributed by atoms with Crippen molar-refractivity contribution in [2.45, 2.75) is 33.2 Å². The number of nitrogens with zero attached hydrogens (tertiary/aromatic N) is 1. The Labute approximate surface area is 109 Å². The molecule has 0 saturated carbocycles. The normalized spacial score (nSPS) is 19.1. The number of thiocarbonyl (C=S) groups is 1. The van der Waals surface area contributed by atoms with Gasteiger partial charge in [-0.15, -0.1) is 0 Å². The minimum atomic E-state index is 0.381. The Kier molecular flexibility index (Phi) is 3.67. The summed E-state index contributed by atoms with van der Waals surface area (Å²) >= 11 is 5.49. The fraction of sp³-hybridized carbons (Fsp3) is 0.500. The van der Waals surface area contributed by atoms with Gasteiger partial charge in [-0.2, -0.15) is 0 Å². The number of hydrogen-bond acceptors (Lipinski definition) is 1. The van der Waals surface area contributed by atoms with Crippen LogP contribution in [0.1, 0.15) is 26.3 Å². The molecule has 2 nitrogen and oxygen atoms in total. The fourth-order valence-corrected chi connectivity index (χ4v) is 2.72. The van der Waals surface area contributed by atoms with Gasteiger partial charge in [0.15, 0.2) is 5.11 Å². The van der Waals surface area contributed by atoms with Crippen LogP contribution in [-0.2, 0) is 6.42 Å². The van der Waals surface area contributed by atoms with E-state index < -0.39 is 0 Å². The SMILES string of the molecule is CC1Cc2ccccc2N(C(=S)NC(C)C)C1. The second-order valence-electron chi connectivity index (χ2n) is 5.15. The zero-order chi connectivity index (χ0) is 12.4. The Morgan fingerprint density at radius 3 is 2.82 bits per heavy atom. The lowest BCUT2D eigenvalue weighted by Gasteiger charge is -2.35. The zero-order valence-corrected chi connectivity index (χ0v) is 11.6. The van der Waals surface area contributed by atoms with Gasteiger partial charge in [-0.05, 0) is 50.0 Å². The first-order valence-corrected chi connectivity index (χ1v) is 6.64.